The summed E-state index contributed by atoms with van der Waals surface area (Å²) in [7, 11) is 0. The molecule has 0 bridgehead atoms. The number of aliphatic hydroxyl groups excluding tert-OH is 3. The van der Waals surface area contributed by atoms with E-state index >= 15 is 0 Å². The monoisotopic (exact) mass is 573 g/mol. The number of nitrogens with zero attached hydrogens (tertiary/aromatic N) is 1. The maximum Gasteiger partial charge on any atom is 0.395 e. The zero-order valence-electron chi connectivity index (χ0n) is 22.9. The molecule has 218 valence electrons. The summed E-state index contributed by atoms with van der Waals surface area (Å²) in [6, 6.07) is 0. The van der Waals surface area contributed by atoms with Crippen molar-refractivity contribution in [1.82, 2.24) is 4.98 Å². The van der Waals surface area contributed by atoms with Crippen LogP contribution in [0, 0.1) is 28.6 Å². The van der Waals surface area contributed by atoms with Crippen LogP contribution in [-0.4, -0.2) is 56.5 Å². The summed E-state index contributed by atoms with van der Waals surface area (Å²) in [5.74, 6) is -3.64. The van der Waals surface area contributed by atoms with Crippen LogP contribution in [0.4, 0.5) is 13.2 Å². The van der Waals surface area contributed by atoms with Gasteiger partial charge in [0.2, 0.25) is 0 Å². The molecule has 0 radical (unpaired) electrons. The van der Waals surface area contributed by atoms with E-state index < -0.39 is 71.2 Å². The van der Waals surface area contributed by atoms with E-state index in [2.05, 4.69) is 4.98 Å². The Labute approximate surface area is 230 Å². The molecule has 2 unspecified atom stereocenters. The number of carbonyl (C=O) groups excluding carboxylic acids is 2. The van der Waals surface area contributed by atoms with Crippen molar-refractivity contribution in [2.24, 2.45) is 28.6 Å². The lowest BCUT2D eigenvalue weighted by molar-refractivity contribution is -0.192. The third kappa shape index (κ3) is 6.81. The minimum atomic E-state index is -4.49. The van der Waals surface area contributed by atoms with Crippen LogP contribution in [0.25, 0.3) is 6.08 Å². The van der Waals surface area contributed by atoms with E-state index in [0.717, 1.165) is 0 Å². The highest BCUT2D eigenvalue weighted by Gasteiger charge is 2.69. The van der Waals surface area contributed by atoms with Gasteiger partial charge < -0.3 is 20.1 Å². The first kappa shape index (κ1) is 31.4. The summed E-state index contributed by atoms with van der Waals surface area (Å²) in [4.78, 5) is 30.4. The number of alkyl halides is 3. The lowest BCUT2D eigenvalue weighted by Gasteiger charge is -2.34. The lowest BCUT2D eigenvalue weighted by atomic mass is 9.73. The third-order valence-electron chi connectivity index (χ3n) is 8.37. The predicted octanol–water partition coefficient (Wildman–Crippen LogP) is 4.85. The Kier molecular flexibility index (Phi) is 9.52. The average Bonchev–Trinajstić information content (AvgIpc) is 3.38. The Morgan fingerprint density at radius 2 is 1.92 bits per heavy atom. The average molecular weight is 574 g/mol. The number of carbonyl (C=O) groups is 2. The highest BCUT2D eigenvalue weighted by Crippen LogP contribution is 2.66. The molecule has 0 aromatic carbocycles. The summed E-state index contributed by atoms with van der Waals surface area (Å²) in [6.07, 6.45) is -4.61. The van der Waals surface area contributed by atoms with Gasteiger partial charge in [0.05, 0.1) is 41.8 Å². The van der Waals surface area contributed by atoms with Gasteiger partial charge in [0.15, 0.2) is 0 Å². The first-order valence-electron chi connectivity index (χ1n) is 13.1. The van der Waals surface area contributed by atoms with Crippen molar-refractivity contribution in [3.63, 3.8) is 0 Å². The third-order valence-corrected chi connectivity index (χ3v) is 9.22. The molecule has 1 fully saturated rings. The van der Waals surface area contributed by atoms with Crippen LogP contribution in [0.3, 0.4) is 0 Å². The molecule has 3 N–H and O–H groups in total. The van der Waals surface area contributed by atoms with Crippen LogP contribution in [0.2, 0.25) is 0 Å². The number of rotatable bonds is 3. The van der Waals surface area contributed by atoms with Gasteiger partial charge in [-0.1, -0.05) is 39.8 Å². The van der Waals surface area contributed by atoms with E-state index in [0.29, 0.717) is 16.3 Å². The molecule has 11 heteroatoms. The van der Waals surface area contributed by atoms with Gasteiger partial charge in [-0.05, 0) is 43.8 Å². The van der Waals surface area contributed by atoms with Gasteiger partial charge in [-0.3, -0.25) is 9.59 Å². The fraction of sp³-hybridized carbons (Fsp3) is 0.679. The molecule has 1 saturated carbocycles. The lowest BCUT2D eigenvalue weighted by Crippen LogP contribution is -2.45. The van der Waals surface area contributed by atoms with Gasteiger partial charge >= 0.3 is 12.1 Å². The molecule has 1 aromatic rings. The van der Waals surface area contributed by atoms with Gasteiger partial charge in [-0.15, -0.1) is 11.3 Å². The first-order valence-corrected chi connectivity index (χ1v) is 14.0. The molecular formula is C28H38F3NO6S. The smallest absolute Gasteiger partial charge is 0.395 e. The minimum absolute atomic E-state index is 0.0773. The maximum atomic E-state index is 14.3. The standard InChI is InChI=1S/C28H38F3NO6S/c1-15-7-6-8-27(28(29,30)31)12-18(27)10-20(16(2)9-19-14-39-22(13-33)32-19)38-23(35)11-21(34)26(4,5)25(37)17(3)24(15)36/h6-7,9,14-15,17-18,20-21,24,33-34,36H,8,10-13H2,1-5H3/t15-,17+,18?,20-,21-,24-,27?/m0/s1. The topological polar surface area (TPSA) is 117 Å². The van der Waals surface area contributed by atoms with E-state index in [1.807, 2.05) is 0 Å². The SMILES string of the molecule is CC(=Cc1csc(CO)n1)[C@@H]1CC2CC2(C(F)(F)F)CC=C[C@H](C)[C@H](O)[C@@H](C)C(=O)C(C)(C)[C@@H](O)CC(=O)O1. The number of fused-ring (bicyclic) bond motifs is 1. The molecule has 1 aliphatic carbocycles. The fourth-order valence-corrected chi connectivity index (χ4v) is 5.98. The van der Waals surface area contributed by atoms with Crippen molar-refractivity contribution in [2.75, 3.05) is 0 Å². The normalized spacial score (nSPS) is 34.9. The fourth-order valence-electron chi connectivity index (χ4n) is 5.37. The summed E-state index contributed by atoms with van der Waals surface area (Å²) in [5.41, 5.74) is -2.40. The summed E-state index contributed by atoms with van der Waals surface area (Å²) in [6.45, 7) is 7.51. The van der Waals surface area contributed by atoms with E-state index in [1.165, 1.54) is 44.3 Å². The van der Waals surface area contributed by atoms with Crippen LogP contribution in [0.15, 0.2) is 23.1 Å². The predicted molar refractivity (Wildman–Crippen MR) is 140 cm³/mol. The van der Waals surface area contributed by atoms with Crippen molar-refractivity contribution >= 4 is 29.2 Å². The van der Waals surface area contributed by atoms with Crippen LogP contribution in [0.5, 0.6) is 0 Å². The second-order valence-electron chi connectivity index (χ2n) is 11.6. The molecule has 1 aromatic heterocycles. The number of aliphatic hydroxyl groups is 3. The molecular weight excluding hydrogens is 535 g/mol. The Morgan fingerprint density at radius 3 is 2.51 bits per heavy atom. The molecule has 0 amide bonds. The number of aromatic nitrogens is 1. The molecule has 2 heterocycles. The first-order chi connectivity index (χ1) is 18.0. The molecule has 3 rings (SSSR count). The van der Waals surface area contributed by atoms with E-state index in [1.54, 1.807) is 25.3 Å². The Bertz CT molecular complexity index is 1110. The van der Waals surface area contributed by atoms with E-state index in [4.69, 9.17) is 4.74 Å². The molecule has 1 aliphatic heterocycles. The quantitative estimate of drug-likeness (QED) is 0.350. The van der Waals surface area contributed by atoms with Crippen LogP contribution >= 0.6 is 11.3 Å². The minimum Gasteiger partial charge on any atom is -0.458 e. The van der Waals surface area contributed by atoms with Crippen molar-refractivity contribution < 1.29 is 42.8 Å². The highest BCUT2D eigenvalue weighted by molar-refractivity contribution is 7.09. The van der Waals surface area contributed by atoms with Gasteiger partial charge in [0, 0.05) is 17.2 Å². The van der Waals surface area contributed by atoms with Crippen molar-refractivity contribution in [2.45, 2.75) is 91.4 Å². The number of cyclic esters (lactones) is 1. The number of allylic oxidation sites excluding steroid dienone is 1. The number of thiazole rings is 1. The Balaban J connectivity index is 1.98. The number of Topliss-reactive ketones (excluding diaryl/α,β-unsaturated/α-hetero) is 1. The van der Waals surface area contributed by atoms with Crippen molar-refractivity contribution in [3.8, 4) is 0 Å². The molecule has 39 heavy (non-hydrogen) atoms. The number of esters is 1. The Morgan fingerprint density at radius 1 is 1.26 bits per heavy atom. The van der Waals surface area contributed by atoms with Crippen molar-refractivity contribution in [1.29, 1.82) is 0 Å². The molecule has 0 spiro atoms. The number of ether oxygens (including phenoxy) is 1. The number of hydrogen-bond acceptors (Lipinski definition) is 8. The zero-order valence-corrected chi connectivity index (χ0v) is 23.7. The molecule has 2 aliphatic rings. The van der Waals surface area contributed by atoms with Crippen LogP contribution in [0.1, 0.15) is 71.0 Å². The molecule has 0 saturated heterocycles. The maximum absolute atomic E-state index is 14.3. The van der Waals surface area contributed by atoms with Gasteiger partial charge in [0.1, 0.15) is 16.9 Å². The molecule has 7 atom stereocenters. The number of halogens is 3. The Hall–Kier alpha value is -2.08. The number of ketones is 1. The van der Waals surface area contributed by atoms with Gasteiger partial charge in [-0.25, -0.2) is 4.98 Å². The second kappa shape index (κ2) is 11.8. The largest absolute Gasteiger partial charge is 0.458 e. The summed E-state index contributed by atoms with van der Waals surface area (Å²) < 4.78 is 48.4. The van der Waals surface area contributed by atoms with Crippen LogP contribution < -0.4 is 0 Å². The van der Waals surface area contributed by atoms with Crippen LogP contribution in [-0.2, 0) is 20.9 Å². The van der Waals surface area contributed by atoms with Gasteiger partial charge in [0.25, 0.3) is 0 Å². The molecule has 7 nitrogen and oxygen atoms in total. The van der Waals surface area contributed by atoms with E-state index in [-0.39, 0.29) is 25.9 Å². The highest BCUT2D eigenvalue weighted by atomic mass is 32.1. The van der Waals surface area contributed by atoms with E-state index in [9.17, 15) is 38.1 Å². The summed E-state index contributed by atoms with van der Waals surface area (Å²) in [5, 5.41) is 33.0. The van der Waals surface area contributed by atoms with Gasteiger partial charge in [-0.2, -0.15) is 13.2 Å². The number of hydrogen-bond donors (Lipinski definition) is 3. The van der Waals surface area contributed by atoms with Crippen molar-refractivity contribution in [3.05, 3.63) is 33.8 Å². The summed E-state index contributed by atoms with van der Waals surface area (Å²) >= 11 is 1.22. The zero-order chi connectivity index (χ0) is 29.3. The second-order valence-corrected chi connectivity index (χ2v) is 12.5.